The summed E-state index contributed by atoms with van der Waals surface area (Å²) in [6, 6.07) is 4.73. The third kappa shape index (κ3) is 8.11. The van der Waals surface area contributed by atoms with Gasteiger partial charge in [-0.3, -0.25) is 4.79 Å². The van der Waals surface area contributed by atoms with Crippen LogP contribution in [0.3, 0.4) is 0 Å². The van der Waals surface area contributed by atoms with E-state index in [1.807, 2.05) is 0 Å². The number of hydrogen-bond donors (Lipinski definition) is 1. The standard InChI is InChI=1S/C16H20N2O8/c1-23-14-10-12(4-6-13(14)26-16(20)11-17)5-7-15(19)24-8-2-3-9-25-18(21)22/h4-7,10H,2-3,8-9,11,17H2,1H3/b7-5+. The molecule has 0 saturated carbocycles. The quantitative estimate of drug-likeness (QED) is 0.152. The molecule has 0 spiro atoms. The van der Waals surface area contributed by atoms with E-state index < -0.39 is 17.0 Å². The average Bonchev–Trinajstić information content (AvgIpc) is 2.63. The highest BCUT2D eigenvalue weighted by Crippen LogP contribution is 2.28. The van der Waals surface area contributed by atoms with Gasteiger partial charge in [0.15, 0.2) is 11.5 Å². The van der Waals surface area contributed by atoms with Gasteiger partial charge in [-0.2, -0.15) is 0 Å². The van der Waals surface area contributed by atoms with Crippen LogP contribution in [-0.2, 0) is 19.2 Å². The third-order valence-corrected chi connectivity index (χ3v) is 2.97. The van der Waals surface area contributed by atoms with Gasteiger partial charge in [0.05, 0.1) is 26.9 Å². The lowest BCUT2D eigenvalue weighted by atomic mass is 10.2. The molecule has 1 rings (SSSR count). The summed E-state index contributed by atoms with van der Waals surface area (Å²) in [5.41, 5.74) is 5.82. The molecular formula is C16H20N2O8. The first-order chi connectivity index (χ1) is 12.5. The molecule has 0 bridgehead atoms. The summed E-state index contributed by atoms with van der Waals surface area (Å²) in [5, 5.41) is 9.07. The Labute approximate surface area is 149 Å². The highest BCUT2D eigenvalue weighted by Gasteiger charge is 2.09. The monoisotopic (exact) mass is 368 g/mol. The van der Waals surface area contributed by atoms with E-state index >= 15 is 0 Å². The van der Waals surface area contributed by atoms with Crippen LogP contribution < -0.4 is 15.2 Å². The van der Waals surface area contributed by atoms with Crippen LogP contribution in [0.25, 0.3) is 6.08 Å². The zero-order valence-electron chi connectivity index (χ0n) is 14.2. The second kappa shape index (κ2) is 11.4. The summed E-state index contributed by atoms with van der Waals surface area (Å²) in [4.78, 5) is 36.9. The molecule has 142 valence electrons. The third-order valence-electron chi connectivity index (χ3n) is 2.97. The number of hydrogen-bond acceptors (Lipinski definition) is 9. The largest absolute Gasteiger partial charge is 0.493 e. The molecule has 0 aliphatic rings. The lowest BCUT2D eigenvalue weighted by Crippen LogP contribution is -2.19. The van der Waals surface area contributed by atoms with Crippen molar-refractivity contribution in [1.82, 2.24) is 0 Å². The fraction of sp³-hybridized carbons (Fsp3) is 0.375. The Hall–Kier alpha value is -3.14. The van der Waals surface area contributed by atoms with Crippen molar-refractivity contribution in [3.63, 3.8) is 0 Å². The van der Waals surface area contributed by atoms with Crippen molar-refractivity contribution in [1.29, 1.82) is 0 Å². The van der Waals surface area contributed by atoms with Crippen LogP contribution >= 0.6 is 0 Å². The maximum Gasteiger partial charge on any atom is 0.330 e. The summed E-state index contributed by atoms with van der Waals surface area (Å²) >= 11 is 0. The number of methoxy groups -OCH3 is 1. The smallest absolute Gasteiger partial charge is 0.330 e. The fourth-order valence-electron chi connectivity index (χ4n) is 1.76. The highest BCUT2D eigenvalue weighted by atomic mass is 16.9. The molecule has 1 aromatic carbocycles. The van der Waals surface area contributed by atoms with Gasteiger partial charge in [0.25, 0.3) is 5.09 Å². The first-order valence-corrected chi connectivity index (χ1v) is 7.67. The van der Waals surface area contributed by atoms with Gasteiger partial charge >= 0.3 is 11.9 Å². The Balaban J connectivity index is 2.47. The lowest BCUT2D eigenvalue weighted by Gasteiger charge is -2.09. The predicted octanol–water partition coefficient (Wildman–Crippen LogP) is 1.10. The topological polar surface area (TPSA) is 140 Å². The summed E-state index contributed by atoms with van der Waals surface area (Å²) in [6.07, 6.45) is 3.59. The van der Waals surface area contributed by atoms with E-state index in [1.165, 1.54) is 25.3 Å². The highest BCUT2D eigenvalue weighted by molar-refractivity contribution is 5.87. The fourth-order valence-corrected chi connectivity index (χ4v) is 1.76. The van der Waals surface area contributed by atoms with Gasteiger partial charge in [-0.1, -0.05) is 6.07 Å². The Bertz CT molecular complexity index is 660. The molecule has 2 N–H and O–H groups in total. The van der Waals surface area contributed by atoms with Gasteiger partial charge in [0.1, 0.15) is 0 Å². The van der Waals surface area contributed by atoms with Crippen molar-refractivity contribution in [2.24, 2.45) is 5.73 Å². The van der Waals surface area contributed by atoms with Crippen LogP contribution in [0.5, 0.6) is 11.5 Å². The Kier molecular flexibility index (Phi) is 9.18. The molecular weight excluding hydrogens is 348 g/mol. The van der Waals surface area contributed by atoms with Crippen molar-refractivity contribution in [2.45, 2.75) is 12.8 Å². The van der Waals surface area contributed by atoms with E-state index in [2.05, 4.69) is 4.84 Å². The number of carbonyl (C=O) groups is 2. The molecule has 10 nitrogen and oxygen atoms in total. The van der Waals surface area contributed by atoms with E-state index in [4.69, 9.17) is 19.9 Å². The van der Waals surface area contributed by atoms with Gasteiger partial charge in [0.2, 0.25) is 0 Å². The Morgan fingerprint density at radius 3 is 2.62 bits per heavy atom. The van der Waals surface area contributed by atoms with Crippen LogP contribution in [0.15, 0.2) is 24.3 Å². The van der Waals surface area contributed by atoms with Gasteiger partial charge in [-0.05, 0) is 36.6 Å². The number of carbonyl (C=O) groups excluding carboxylic acids is 2. The molecule has 0 amide bonds. The van der Waals surface area contributed by atoms with Gasteiger partial charge < -0.3 is 24.8 Å². The minimum atomic E-state index is -0.870. The van der Waals surface area contributed by atoms with Crippen LogP contribution in [0, 0.1) is 10.1 Å². The SMILES string of the molecule is COc1cc(/C=C/C(=O)OCCCCO[N+](=O)[O-])ccc1OC(=O)CN. The maximum absolute atomic E-state index is 11.6. The van der Waals surface area contributed by atoms with Gasteiger partial charge in [-0.25, -0.2) is 4.79 Å². The van der Waals surface area contributed by atoms with Crippen LogP contribution in [0.2, 0.25) is 0 Å². The first kappa shape index (κ1) is 20.9. The molecule has 0 aliphatic carbocycles. The number of rotatable bonds is 11. The van der Waals surface area contributed by atoms with E-state index in [0.29, 0.717) is 24.2 Å². The molecule has 0 atom stereocenters. The molecule has 0 aromatic heterocycles. The van der Waals surface area contributed by atoms with Gasteiger partial charge in [-0.15, -0.1) is 10.1 Å². The molecule has 0 heterocycles. The van der Waals surface area contributed by atoms with E-state index in [9.17, 15) is 19.7 Å². The molecule has 0 aliphatic heterocycles. The molecule has 0 radical (unpaired) electrons. The lowest BCUT2D eigenvalue weighted by molar-refractivity contribution is -0.757. The molecule has 26 heavy (non-hydrogen) atoms. The van der Waals surface area contributed by atoms with Crippen LogP contribution in [0.1, 0.15) is 18.4 Å². The number of benzene rings is 1. The van der Waals surface area contributed by atoms with E-state index in [-0.39, 0.29) is 25.5 Å². The van der Waals surface area contributed by atoms with Crippen molar-refractivity contribution in [3.05, 3.63) is 40.0 Å². The minimum Gasteiger partial charge on any atom is -0.493 e. The number of ether oxygens (including phenoxy) is 3. The molecule has 0 saturated heterocycles. The Morgan fingerprint density at radius 1 is 1.23 bits per heavy atom. The summed E-state index contributed by atoms with van der Waals surface area (Å²) in [6.45, 7) is -0.169. The van der Waals surface area contributed by atoms with Crippen molar-refractivity contribution < 1.29 is 33.7 Å². The number of esters is 2. The maximum atomic E-state index is 11.6. The molecule has 0 unspecified atom stereocenters. The predicted molar refractivity (Wildman–Crippen MR) is 89.9 cm³/mol. The summed E-state index contributed by atoms with van der Waals surface area (Å²) in [7, 11) is 1.42. The molecule has 10 heteroatoms. The van der Waals surface area contributed by atoms with Crippen molar-refractivity contribution in [2.75, 3.05) is 26.9 Å². The first-order valence-electron chi connectivity index (χ1n) is 7.67. The van der Waals surface area contributed by atoms with Gasteiger partial charge in [0, 0.05) is 6.08 Å². The van der Waals surface area contributed by atoms with Crippen LogP contribution in [-0.4, -0.2) is 43.9 Å². The minimum absolute atomic E-state index is 0.0404. The second-order valence-electron chi connectivity index (χ2n) is 4.85. The number of nitrogens with two attached hydrogens (primary N) is 1. The number of unbranched alkanes of at least 4 members (excludes halogenated alkanes) is 1. The summed E-state index contributed by atoms with van der Waals surface area (Å²) < 4.78 is 15.1. The average molecular weight is 368 g/mol. The Morgan fingerprint density at radius 2 is 1.96 bits per heavy atom. The molecule has 0 fully saturated rings. The van der Waals surface area contributed by atoms with E-state index in [1.54, 1.807) is 12.1 Å². The number of nitrogens with zero attached hydrogens (tertiary/aromatic N) is 1. The zero-order valence-corrected chi connectivity index (χ0v) is 14.2. The van der Waals surface area contributed by atoms with Crippen molar-refractivity contribution in [3.8, 4) is 11.5 Å². The normalized spacial score (nSPS) is 10.4. The van der Waals surface area contributed by atoms with Crippen LogP contribution in [0.4, 0.5) is 0 Å². The van der Waals surface area contributed by atoms with E-state index in [0.717, 1.165) is 0 Å². The zero-order chi connectivity index (χ0) is 19.4. The summed E-state index contributed by atoms with van der Waals surface area (Å²) in [5.74, 6) is -0.621. The molecule has 1 aromatic rings. The van der Waals surface area contributed by atoms with Crippen molar-refractivity contribution >= 4 is 18.0 Å². The second-order valence-corrected chi connectivity index (χ2v) is 4.85.